The van der Waals surface area contributed by atoms with E-state index in [1.165, 1.54) is 25.7 Å². The Balaban J connectivity index is 1.78. The molecule has 0 bridgehead atoms. The number of imidazole rings is 1. The van der Waals surface area contributed by atoms with Crippen LogP contribution in [0.4, 0.5) is 5.95 Å². The van der Waals surface area contributed by atoms with Crippen LogP contribution in [-0.4, -0.2) is 16.5 Å². The van der Waals surface area contributed by atoms with Gasteiger partial charge in [0.2, 0.25) is 0 Å². The molecule has 0 spiro atoms. The molecule has 0 radical (unpaired) electrons. The van der Waals surface area contributed by atoms with Gasteiger partial charge in [-0.25, -0.2) is 4.98 Å². The second kappa shape index (κ2) is 3.81. The van der Waals surface area contributed by atoms with Gasteiger partial charge in [0.15, 0.2) is 5.95 Å². The van der Waals surface area contributed by atoms with E-state index in [1.807, 2.05) is 13.1 Å². The summed E-state index contributed by atoms with van der Waals surface area (Å²) >= 11 is 0. The Hall–Kier alpha value is -0.990. The van der Waals surface area contributed by atoms with E-state index in [9.17, 15) is 0 Å². The summed E-state index contributed by atoms with van der Waals surface area (Å²) in [7, 11) is 0. The molecule has 2 rings (SSSR count). The largest absolute Gasteiger partial charge is 0.356 e. The Morgan fingerprint density at radius 2 is 2.31 bits per heavy atom. The van der Waals surface area contributed by atoms with Crippen LogP contribution in [0.2, 0.25) is 0 Å². The first-order valence-electron chi connectivity index (χ1n) is 5.10. The van der Waals surface area contributed by atoms with Crippen molar-refractivity contribution in [1.29, 1.82) is 0 Å². The minimum absolute atomic E-state index is 0.866. The number of aromatic nitrogens is 2. The van der Waals surface area contributed by atoms with Crippen molar-refractivity contribution < 1.29 is 0 Å². The van der Waals surface area contributed by atoms with Crippen LogP contribution >= 0.6 is 0 Å². The molecule has 2 N–H and O–H groups in total. The van der Waals surface area contributed by atoms with Crippen LogP contribution in [0.1, 0.15) is 31.4 Å². The summed E-state index contributed by atoms with van der Waals surface area (Å²) in [6.07, 6.45) is 7.43. The number of aromatic amines is 1. The third-order valence-electron chi connectivity index (χ3n) is 2.74. The van der Waals surface area contributed by atoms with Gasteiger partial charge in [-0.15, -0.1) is 0 Å². The quantitative estimate of drug-likeness (QED) is 0.747. The Morgan fingerprint density at radius 1 is 1.54 bits per heavy atom. The van der Waals surface area contributed by atoms with E-state index < -0.39 is 0 Å². The summed E-state index contributed by atoms with van der Waals surface area (Å²) in [6, 6.07) is 0. The number of rotatable bonds is 3. The topological polar surface area (TPSA) is 40.7 Å². The molecule has 1 aliphatic carbocycles. The van der Waals surface area contributed by atoms with Crippen LogP contribution in [0.3, 0.4) is 0 Å². The van der Waals surface area contributed by atoms with Crippen molar-refractivity contribution in [2.75, 3.05) is 11.9 Å². The zero-order valence-corrected chi connectivity index (χ0v) is 8.14. The molecule has 0 saturated heterocycles. The fraction of sp³-hybridized carbons (Fsp3) is 0.700. The SMILES string of the molecule is Cc1cnc(NCC2CCCC2)[nH]1. The zero-order chi connectivity index (χ0) is 9.10. The molecular weight excluding hydrogens is 162 g/mol. The molecule has 1 aliphatic rings. The number of hydrogen-bond acceptors (Lipinski definition) is 2. The standard InChI is InChI=1S/C10H17N3/c1-8-6-11-10(13-8)12-7-9-4-2-3-5-9/h6,9H,2-5,7H2,1H3,(H2,11,12,13). The molecule has 1 saturated carbocycles. The molecule has 0 atom stereocenters. The highest BCUT2D eigenvalue weighted by molar-refractivity contribution is 5.25. The van der Waals surface area contributed by atoms with Crippen molar-refractivity contribution in [3.63, 3.8) is 0 Å². The highest BCUT2D eigenvalue weighted by atomic mass is 15.1. The zero-order valence-electron chi connectivity index (χ0n) is 8.14. The van der Waals surface area contributed by atoms with Crippen LogP contribution in [0.15, 0.2) is 6.20 Å². The second-order valence-corrected chi connectivity index (χ2v) is 3.95. The van der Waals surface area contributed by atoms with Crippen molar-refractivity contribution in [3.8, 4) is 0 Å². The van der Waals surface area contributed by atoms with E-state index in [2.05, 4.69) is 15.3 Å². The van der Waals surface area contributed by atoms with Gasteiger partial charge in [-0.3, -0.25) is 0 Å². The number of H-pyrrole nitrogens is 1. The average Bonchev–Trinajstić information content (AvgIpc) is 2.71. The van der Waals surface area contributed by atoms with Gasteiger partial charge in [0.05, 0.1) is 0 Å². The summed E-state index contributed by atoms with van der Waals surface area (Å²) in [4.78, 5) is 7.39. The normalized spacial score (nSPS) is 17.9. The van der Waals surface area contributed by atoms with Gasteiger partial charge in [-0.05, 0) is 25.7 Å². The number of aryl methyl sites for hydroxylation is 1. The van der Waals surface area contributed by atoms with Gasteiger partial charge in [0.25, 0.3) is 0 Å². The molecular formula is C10H17N3. The fourth-order valence-corrected chi connectivity index (χ4v) is 1.96. The predicted octanol–water partition coefficient (Wildman–Crippen LogP) is 2.32. The summed E-state index contributed by atoms with van der Waals surface area (Å²) in [5.41, 5.74) is 1.12. The molecule has 1 aromatic heterocycles. The van der Waals surface area contributed by atoms with E-state index in [1.54, 1.807) is 0 Å². The third kappa shape index (κ3) is 2.23. The molecule has 72 valence electrons. The monoisotopic (exact) mass is 179 g/mol. The first-order valence-corrected chi connectivity index (χ1v) is 5.10. The van der Waals surface area contributed by atoms with Gasteiger partial charge in [0.1, 0.15) is 0 Å². The van der Waals surface area contributed by atoms with Crippen molar-refractivity contribution in [3.05, 3.63) is 11.9 Å². The lowest BCUT2D eigenvalue weighted by Gasteiger charge is -2.08. The Labute approximate surface area is 79.0 Å². The first-order chi connectivity index (χ1) is 6.34. The fourth-order valence-electron chi connectivity index (χ4n) is 1.96. The average molecular weight is 179 g/mol. The molecule has 0 aromatic carbocycles. The Bertz CT molecular complexity index is 261. The molecule has 1 aromatic rings. The van der Waals surface area contributed by atoms with Crippen LogP contribution in [-0.2, 0) is 0 Å². The lowest BCUT2D eigenvalue weighted by atomic mass is 10.1. The number of nitrogens with one attached hydrogen (secondary N) is 2. The lowest BCUT2D eigenvalue weighted by Crippen LogP contribution is -2.11. The summed E-state index contributed by atoms with van der Waals surface area (Å²) in [5, 5.41) is 3.34. The molecule has 3 nitrogen and oxygen atoms in total. The van der Waals surface area contributed by atoms with Gasteiger partial charge in [0, 0.05) is 18.4 Å². The summed E-state index contributed by atoms with van der Waals surface area (Å²) in [6.45, 7) is 3.10. The van der Waals surface area contributed by atoms with Gasteiger partial charge in [-0.2, -0.15) is 0 Å². The van der Waals surface area contributed by atoms with Crippen molar-refractivity contribution in [2.45, 2.75) is 32.6 Å². The number of nitrogens with zero attached hydrogens (tertiary/aromatic N) is 1. The van der Waals surface area contributed by atoms with E-state index in [-0.39, 0.29) is 0 Å². The number of hydrogen-bond donors (Lipinski definition) is 2. The lowest BCUT2D eigenvalue weighted by molar-refractivity contribution is 0.578. The smallest absolute Gasteiger partial charge is 0.200 e. The first kappa shape index (κ1) is 8.60. The highest BCUT2D eigenvalue weighted by Gasteiger charge is 2.14. The molecule has 1 fully saturated rings. The second-order valence-electron chi connectivity index (χ2n) is 3.95. The molecule has 0 amide bonds. The summed E-state index contributed by atoms with van der Waals surface area (Å²) < 4.78 is 0. The van der Waals surface area contributed by atoms with Crippen molar-refractivity contribution in [1.82, 2.24) is 9.97 Å². The molecule has 3 heteroatoms. The van der Waals surface area contributed by atoms with Gasteiger partial charge >= 0.3 is 0 Å². The van der Waals surface area contributed by atoms with E-state index in [4.69, 9.17) is 0 Å². The van der Waals surface area contributed by atoms with Crippen LogP contribution in [0, 0.1) is 12.8 Å². The maximum atomic E-state index is 4.21. The highest BCUT2D eigenvalue weighted by Crippen LogP contribution is 2.24. The maximum Gasteiger partial charge on any atom is 0.200 e. The van der Waals surface area contributed by atoms with E-state index in [0.717, 1.165) is 24.1 Å². The molecule has 0 aliphatic heterocycles. The minimum atomic E-state index is 0.866. The molecule has 0 unspecified atom stereocenters. The van der Waals surface area contributed by atoms with Gasteiger partial charge in [-0.1, -0.05) is 12.8 Å². The Morgan fingerprint density at radius 3 is 2.92 bits per heavy atom. The van der Waals surface area contributed by atoms with Crippen LogP contribution < -0.4 is 5.32 Å². The third-order valence-corrected chi connectivity index (χ3v) is 2.74. The van der Waals surface area contributed by atoms with Crippen LogP contribution in [0.25, 0.3) is 0 Å². The van der Waals surface area contributed by atoms with E-state index >= 15 is 0 Å². The maximum absolute atomic E-state index is 4.21. The predicted molar refractivity (Wildman–Crippen MR) is 53.8 cm³/mol. The number of anilines is 1. The van der Waals surface area contributed by atoms with Crippen molar-refractivity contribution >= 4 is 5.95 Å². The molecule has 13 heavy (non-hydrogen) atoms. The van der Waals surface area contributed by atoms with Crippen LogP contribution in [0.5, 0.6) is 0 Å². The van der Waals surface area contributed by atoms with Gasteiger partial charge < -0.3 is 10.3 Å². The molecule has 1 heterocycles. The minimum Gasteiger partial charge on any atom is -0.356 e. The van der Waals surface area contributed by atoms with E-state index in [0.29, 0.717) is 0 Å². The summed E-state index contributed by atoms with van der Waals surface area (Å²) in [5.74, 6) is 1.79. The Kier molecular flexibility index (Phi) is 2.52. The van der Waals surface area contributed by atoms with Crippen molar-refractivity contribution in [2.24, 2.45) is 5.92 Å².